The molecule has 3 rings (SSSR count). The number of anilines is 1. The van der Waals surface area contributed by atoms with E-state index in [1.54, 1.807) is 41.3 Å². The van der Waals surface area contributed by atoms with Crippen molar-refractivity contribution in [3.05, 3.63) is 59.0 Å². The molecule has 0 unspecified atom stereocenters. The third-order valence-corrected chi connectivity index (χ3v) is 5.50. The second kappa shape index (κ2) is 6.57. The lowest BCUT2D eigenvalue weighted by molar-refractivity contribution is 0.582. The molecule has 2 N–H and O–H groups in total. The Bertz CT molecular complexity index is 870. The van der Waals surface area contributed by atoms with Gasteiger partial charge in [-0.05, 0) is 48.3 Å². The van der Waals surface area contributed by atoms with Crippen molar-refractivity contribution in [2.24, 2.45) is 0 Å². The summed E-state index contributed by atoms with van der Waals surface area (Å²) in [5.74, 6) is 0.617. The second-order valence-corrected chi connectivity index (χ2v) is 7.41. The molecular weight excluding hydrogens is 332 g/mol. The molecule has 0 bridgehead atoms. The van der Waals surface area contributed by atoms with E-state index in [0.29, 0.717) is 23.6 Å². The Kier molecular flexibility index (Phi) is 4.51. The van der Waals surface area contributed by atoms with E-state index < -0.39 is 10.0 Å². The maximum atomic E-state index is 12.4. The largest absolute Gasteiger partial charge is 0.464 e. The number of thiophene rings is 1. The van der Waals surface area contributed by atoms with Gasteiger partial charge in [0.2, 0.25) is 0 Å². The van der Waals surface area contributed by atoms with Gasteiger partial charge in [0.05, 0.1) is 16.8 Å². The number of furan rings is 1. The van der Waals surface area contributed by atoms with Crippen LogP contribution in [0.2, 0.25) is 0 Å². The maximum Gasteiger partial charge on any atom is 0.262 e. The average molecular weight is 348 g/mol. The van der Waals surface area contributed by atoms with Gasteiger partial charge < -0.3 is 9.73 Å². The molecule has 0 fully saturated rings. The van der Waals surface area contributed by atoms with Crippen molar-refractivity contribution in [2.45, 2.75) is 11.4 Å². The summed E-state index contributed by atoms with van der Waals surface area (Å²) in [6, 6.07) is 10.7. The smallest absolute Gasteiger partial charge is 0.262 e. The van der Waals surface area contributed by atoms with Crippen LogP contribution >= 0.6 is 11.3 Å². The van der Waals surface area contributed by atoms with Gasteiger partial charge in [-0.1, -0.05) is 6.07 Å². The van der Waals surface area contributed by atoms with Crippen molar-refractivity contribution in [2.75, 3.05) is 11.8 Å². The summed E-state index contributed by atoms with van der Waals surface area (Å²) in [7, 11) is -1.74. The Hall–Kier alpha value is -2.09. The lowest BCUT2D eigenvalue weighted by atomic mass is 10.1. The van der Waals surface area contributed by atoms with Crippen LogP contribution in [-0.4, -0.2) is 15.5 Å². The van der Waals surface area contributed by atoms with Gasteiger partial charge in [-0.15, -0.1) is 0 Å². The van der Waals surface area contributed by atoms with E-state index in [2.05, 4.69) is 10.0 Å². The van der Waals surface area contributed by atoms with E-state index in [0.717, 1.165) is 5.56 Å². The molecule has 23 heavy (non-hydrogen) atoms. The van der Waals surface area contributed by atoms with E-state index in [9.17, 15) is 8.42 Å². The van der Waals surface area contributed by atoms with Crippen LogP contribution < -0.4 is 10.0 Å². The molecule has 0 atom stereocenters. The maximum absolute atomic E-state index is 12.4. The van der Waals surface area contributed by atoms with Crippen LogP contribution in [-0.2, 0) is 16.6 Å². The molecule has 0 saturated heterocycles. The van der Waals surface area contributed by atoms with Crippen molar-refractivity contribution in [3.8, 4) is 11.3 Å². The number of benzene rings is 1. The molecule has 0 spiro atoms. The molecule has 0 radical (unpaired) electrons. The Labute approximate surface area is 139 Å². The molecule has 0 amide bonds. The van der Waals surface area contributed by atoms with Gasteiger partial charge in [-0.25, -0.2) is 8.42 Å². The molecule has 7 heteroatoms. The molecule has 120 valence electrons. The summed E-state index contributed by atoms with van der Waals surface area (Å²) in [5.41, 5.74) is 2.24. The van der Waals surface area contributed by atoms with Crippen LogP contribution in [0.1, 0.15) is 5.56 Å². The average Bonchev–Trinajstić information content (AvgIpc) is 3.22. The van der Waals surface area contributed by atoms with Gasteiger partial charge in [-0.3, -0.25) is 4.72 Å². The highest BCUT2D eigenvalue weighted by Gasteiger charge is 2.18. The zero-order valence-electron chi connectivity index (χ0n) is 12.4. The van der Waals surface area contributed by atoms with Crippen LogP contribution in [0.3, 0.4) is 0 Å². The Balaban J connectivity index is 2.02. The third kappa shape index (κ3) is 3.47. The highest BCUT2D eigenvalue weighted by Crippen LogP contribution is 2.31. The number of hydrogen-bond donors (Lipinski definition) is 2. The van der Waals surface area contributed by atoms with Gasteiger partial charge in [0.1, 0.15) is 5.76 Å². The van der Waals surface area contributed by atoms with E-state index in [1.165, 1.54) is 11.3 Å². The normalized spacial score (nSPS) is 11.5. The number of hydrogen-bond acceptors (Lipinski definition) is 5. The summed E-state index contributed by atoms with van der Waals surface area (Å²) in [4.78, 5) is 0.257. The van der Waals surface area contributed by atoms with Crippen molar-refractivity contribution in [1.29, 1.82) is 0 Å². The first-order valence-corrected chi connectivity index (χ1v) is 9.39. The molecule has 0 aliphatic rings. The van der Waals surface area contributed by atoms with E-state index in [1.807, 2.05) is 19.2 Å². The summed E-state index contributed by atoms with van der Waals surface area (Å²) in [6.07, 6.45) is 1.57. The fourth-order valence-electron chi connectivity index (χ4n) is 2.24. The first kappa shape index (κ1) is 15.8. The number of rotatable bonds is 6. The van der Waals surface area contributed by atoms with Crippen LogP contribution in [0.25, 0.3) is 11.3 Å². The Morgan fingerprint density at radius 3 is 2.74 bits per heavy atom. The van der Waals surface area contributed by atoms with E-state index in [4.69, 9.17) is 4.42 Å². The van der Waals surface area contributed by atoms with Gasteiger partial charge in [0.25, 0.3) is 10.0 Å². The summed E-state index contributed by atoms with van der Waals surface area (Å²) >= 11 is 1.34. The van der Waals surface area contributed by atoms with Gasteiger partial charge in [0.15, 0.2) is 0 Å². The molecule has 0 aliphatic heterocycles. The van der Waals surface area contributed by atoms with Crippen molar-refractivity contribution < 1.29 is 12.8 Å². The topological polar surface area (TPSA) is 71.3 Å². The predicted molar refractivity (Wildman–Crippen MR) is 92.0 cm³/mol. The second-order valence-electron chi connectivity index (χ2n) is 4.95. The fourth-order valence-corrected chi connectivity index (χ4v) is 4.35. The standard InChI is InChI=1S/C16H16N2O3S2/c1-17-10-12-4-5-15(14(9-12)16-3-2-7-21-16)18-23(19,20)13-6-8-22-11-13/h2-9,11,17-18H,10H2,1H3. The lowest BCUT2D eigenvalue weighted by Crippen LogP contribution is -2.13. The summed E-state index contributed by atoms with van der Waals surface area (Å²) in [5, 5.41) is 6.41. The van der Waals surface area contributed by atoms with Crippen LogP contribution in [0.4, 0.5) is 5.69 Å². The van der Waals surface area contributed by atoms with Gasteiger partial charge >= 0.3 is 0 Å². The van der Waals surface area contributed by atoms with E-state index >= 15 is 0 Å². The molecule has 3 aromatic rings. The SMILES string of the molecule is CNCc1ccc(NS(=O)(=O)c2ccsc2)c(-c2ccco2)c1. The zero-order chi connectivity index (χ0) is 16.3. The molecule has 0 aliphatic carbocycles. The number of sulfonamides is 1. The molecular formula is C16H16N2O3S2. The van der Waals surface area contributed by atoms with Crippen molar-refractivity contribution >= 4 is 27.0 Å². The summed E-state index contributed by atoms with van der Waals surface area (Å²) in [6.45, 7) is 0.686. The molecule has 2 heterocycles. The highest BCUT2D eigenvalue weighted by atomic mass is 32.2. The quantitative estimate of drug-likeness (QED) is 0.715. The van der Waals surface area contributed by atoms with Crippen molar-refractivity contribution in [1.82, 2.24) is 5.32 Å². The van der Waals surface area contributed by atoms with E-state index in [-0.39, 0.29) is 4.90 Å². The summed E-state index contributed by atoms with van der Waals surface area (Å²) < 4.78 is 33.0. The first-order valence-electron chi connectivity index (χ1n) is 6.96. The molecule has 5 nitrogen and oxygen atoms in total. The van der Waals surface area contributed by atoms with Crippen LogP contribution in [0.5, 0.6) is 0 Å². The molecule has 0 saturated carbocycles. The minimum Gasteiger partial charge on any atom is -0.464 e. The first-order chi connectivity index (χ1) is 11.1. The lowest BCUT2D eigenvalue weighted by Gasteiger charge is -2.12. The Morgan fingerprint density at radius 2 is 2.09 bits per heavy atom. The monoisotopic (exact) mass is 348 g/mol. The van der Waals surface area contributed by atoms with Crippen molar-refractivity contribution in [3.63, 3.8) is 0 Å². The van der Waals surface area contributed by atoms with Gasteiger partial charge in [-0.2, -0.15) is 11.3 Å². The number of nitrogens with one attached hydrogen (secondary N) is 2. The zero-order valence-corrected chi connectivity index (χ0v) is 14.1. The highest BCUT2D eigenvalue weighted by molar-refractivity contribution is 7.92. The minimum absolute atomic E-state index is 0.257. The predicted octanol–water partition coefficient (Wildman–Crippen LogP) is 3.53. The minimum atomic E-state index is -3.61. The third-order valence-electron chi connectivity index (χ3n) is 3.30. The molecule has 2 aromatic heterocycles. The van der Waals surface area contributed by atoms with Crippen LogP contribution in [0.15, 0.2) is 62.7 Å². The molecule has 1 aromatic carbocycles. The fraction of sp³-hybridized carbons (Fsp3) is 0.125. The van der Waals surface area contributed by atoms with Gasteiger partial charge in [0, 0.05) is 17.5 Å². The Morgan fingerprint density at radius 1 is 1.22 bits per heavy atom. The van der Waals surface area contributed by atoms with Crippen LogP contribution in [0, 0.1) is 0 Å².